The predicted octanol–water partition coefficient (Wildman–Crippen LogP) is 1.73. The Morgan fingerprint density at radius 1 is 1.80 bits per heavy atom. The van der Waals surface area contributed by atoms with Gasteiger partial charge >= 0.3 is 0 Å². The molecule has 0 bridgehead atoms. The molecule has 1 unspecified atom stereocenters. The Morgan fingerprint density at radius 2 is 2.40 bits per heavy atom. The molecule has 1 aromatic heterocycles. The molecule has 0 aliphatic heterocycles. The van der Waals surface area contributed by atoms with Gasteiger partial charge in [-0.15, -0.1) is 0 Å². The molecule has 0 saturated heterocycles. The Kier molecular flexibility index (Phi) is 2.18. The summed E-state index contributed by atoms with van der Waals surface area (Å²) >= 11 is 2.29. The van der Waals surface area contributed by atoms with Gasteiger partial charge in [0.05, 0.1) is 0 Å². The number of alkyl halides is 1. The number of nitrogen functional groups attached to an aromatic ring is 1. The van der Waals surface area contributed by atoms with Crippen LogP contribution in [-0.4, -0.2) is 9.78 Å². The van der Waals surface area contributed by atoms with Crippen LogP contribution < -0.4 is 5.73 Å². The number of rotatable bonds is 1. The van der Waals surface area contributed by atoms with E-state index >= 15 is 0 Å². The van der Waals surface area contributed by atoms with E-state index in [1.807, 2.05) is 17.7 Å². The normalized spacial score (nSPS) is 13.5. The molecule has 0 spiro atoms. The summed E-state index contributed by atoms with van der Waals surface area (Å²) in [7, 11) is 0. The molecule has 0 fully saturated rings. The zero-order chi connectivity index (χ0) is 7.72. The molecule has 1 rings (SSSR count). The van der Waals surface area contributed by atoms with Gasteiger partial charge in [0.1, 0.15) is 9.87 Å². The quantitative estimate of drug-likeness (QED) is 0.610. The first kappa shape index (κ1) is 7.84. The Labute approximate surface area is 73.7 Å². The van der Waals surface area contributed by atoms with E-state index in [1.165, 1.54) is 0 Å². The van der Waals surface area contributed by atoms with E-state index in [9.17, 15) is 0 Å². The third-order valence-electron chi connectivity index (χ3n) is 1.28. The van der Waals surface area contributed by atoms with Gasteiger partial charge in [-0.1, -0.05) is 22.6 Å². The highest BCUT2D eigenvalue weighted by Crippen LogP contribution is 2.17. The van der Waals surface area contributed by atoms with Crippen molar-refractivity contribution in [1.29, 1.82) is 0 Å². The smallest absolute Gasteiger partial charge is 0.145 e. The predicted molar refractivity (Wildman–Crippen MR) is 50.1 cm³/mol. The van der Waals surface area contributed by atoms with Crippen LogP contribution in [0.5, 0.6) is 0 Å². The number of nitrogens with two attached hydrogens (primary N) is 1. The van der Waals surface area contributed by atoms with Crippen LogP contribution in [0.4, 0.5) is 5.82 Å². The Balaban J connectivity index is 3.03. The summed E-state index contributed by atoms with van der Waals surface area (Å²) in [5, 5.41) is 4.10. The van der Waals surface area contributed by atoms with E-state index in [0.29, 0.717) is 9.87 Å². The fourth-order valence-electron chi connectivity index (χ4n) is 0.872. The Hall–Kier alpha value is -0.260. The van der Waals surface area contributed by atoms with Crippen molar-refractivity contribution >= 4 is 28.4 Å². The minimum Gasteiger partial charge on any atom is -0.382 e. The van der Waals surface area contributed by atoms with Gasteiger partial charge in [-0.25, -0.2) is 0 Å². The molecule has 3 nitrogen and oxygen atoms in total. The molecule has 0 saturated carbocycles. The average molecular weight is 251 g/mol. The molecule has 1 atom stereocenters. The van der Waals surface area contributed by atoms with Crippen molar-refractivity contribution in [2.24, 2.45) is 0 Å². The molecule has 0 radical (unpaired) electrons. The minimum absolute atomic E-state index is 0.370. The van der Waals surface area contributed by atoms with E-state index in [-0.39, 0.29) is 0 Å². The highest BCUT2D eigenvalue weighted by Gasteiger charge is 2.04. The molecule has 0 amide bonds. The monoisotopic (exact) mass is 251 g/mol. The van der Waals surface area contributed by atoms with Crippen LogP contribution in [0.3, 0.4) is 0 Å². The fourth-order valence-corrected chi connectivity index (χ4v) is 1.44. The van der Waals surface area contributed by atoms with E-state index in [1.54, 1.807) is 0 Å². The van der Waals surface area contributed by atoms with Gasteiger partial charge < -0.3 is 5.73 Å². The summed E-state index contributed by atoms with van der Waals surface area (Å²) in [6.45, 7) is 4.07. The van der Waals surface area contributed by atoms with E-state index in [4.69, 9.17) is 5.73 Å². The lowest BCUT2D eigenvalue weighted by Crippen LogP contribution is -2.02. The maximum absolute atomic E-state index is 5.48. The van der Waals surface area contributed by atoms with Gasteiger partial charge in [0.15, 0.2) is 0 Å². The third-order valence-corrected chi connectivity index (χ3v) is 1.81. The number of aromatic nitrogens is 2. The zero-order valence-corrected chi connectivity index (χ0v) is 8.16. The first-order valence-electron chi connectivity index (χ1n) is 3.07. The highest BCUT2D eigenvalue weighted by molar-refractivity contribution is 14.1. The van der Waals surface area contributed by atoms with Crippen LogP contribution >= 0.6 is 22.6 Å². The lowest BCUT2D eigenvalue weighted by atomic mass is 10.5. The molecule has 0 aliphatic carbocycles. The van der Waals surface area contributed by atoms with Crippen molar-refractivity contribution in [3.05, 3.63) is 11.8 Å². The van der Waals surface area contributed by atoms with E-state index < -0.39 is 0 Å². The molecule has 2 N–H and O–H groups in total. The number of aryl methyl sites for hydroxylation is 1. The first-order valence-corrected chi connectivity index (χ1v) is 4.31. The fraction of sp³-hybridized carbons (Fsp3) is 0.500. The molecule has 4 heteroatoms. The second-order valence-corrected chi connectivity index (χ2v) is 4.03. The van der Waals surface area contributed by atoms with Crippen molar-refractivity contribution < 1.29 is 0 Å². The summed E-state index contributed by atoms with van der Waals surface area (Å²) in [4.78, 5) is 0. The van der Waals surface area contributed by atoms with Gasteiger partial charge in [-0.2, -0.15) is 5.10 Å². The molecule has 1 heterocycles. The SMILES string of the molecule is Cc1cc(N)nn1C(C)I. The maximum atomic E-state index is 5.48. The van der Waals surface area contributed by atoms with Crippen molar-refractivity contribution in [2.45, 2.75) is 17.9 Å². The number of hydrogen-bond donors (Lipinski definition) is 1. The first-order chi connectivity index (χ1) is 4.61. The maximum Gasteiger partial charge on any atom is 0.145 e. The number of halogens is 1. The van der Waals surface area contributed by atoms with Crippen LogP contribution in [0.2, 0.25) is 0 Å². The molecule has 1 aromatic rings. The summed E-state index contributed by atoms with van der Waals surface area (Å²) in [5.41, 5.74) is 6.59. The van der Waals surface area contributed by atoms with Crippen LogP contribution in [0, 0.1) is 6.92 Å². The number of anilines is 1. The number of nitrogens with zero attached hydrogens (tertiary/aromatic N) is 2. The minimum atomic E-state index is 0.370. The lowest BCUT2D eigenvalue weighted by Gasteiger charge is -2.04. The average Bonchev–Trinajstić information content (AvgIpc) is 2.10. The van der Waals surface area contributed by atoms with Gasteiger partial charge in [0.2, 0.25) is 0 Å². The van der Waals surface area contributed by atoms with Gasteiger partial charge in [-0.05, 0) is 13.8 Å². The molecular formula is C6H10IN3. The standard InChI is InChI=1S/C6H10IN3/c1-4-3-6(8)9-10(4)5(2)7/h3,5H,1-2H3,(H2,8,9). The third kappa shape index (κ3) is 1.42. The summed E-state index contributed by atoms with van der Waals surface area (Å²) in [6.07, 6.45) is 0. The Bertz CT molecular complexity index is 229. The van der Waals surface area contributed by atoms with Crippen LogP contribution in [0.25, 0.3) is 0 Å². The zero-order valence-electron chi connectivity index (χ0n) is 6.00. The van der Waals surface area contributed by atoms with Gasteiger partial charge in [0.25, 0.3) is 0 Å². The van der Waals surface area contributed by atoms with Crippen molar-refractivity contribution in [3.8, 4) is 0 Å². The van der Waals surface area contributed by atoms with Crippen LogP contribution in [0.1, 0.15) is 16.7 Å². The summed E-state index contributed by atoms with van der Waals surface area (Å²) in [5.74, 6) is 0.598. The van der Waals surface area contributed by atoms with Crippen molar-refractivity contribution in [1.82, 2.24) is 9.78 Å². The lowest BCUT2D eigenvalue weighted by molar-refractivity contribution is 0.647. The summed E-state index contributed by atoms with van der Waals surface area (Å²) in [6, 6.07) is 1.87. The van der Waals surface area contributed by atoms with Crippen molar-refractivity contribution in [3.63, 3.8) is 0 Å². The van der Waals surface area contributed by atoms with E-state index in [0.717, 1.165) is 5.69 Å². The number of hydrogen-bond acceptors (Lipinski definition) is 2. The topological polar surface area (TPSA) is 43.8 Å². The second-order valence-electron chi connectivity index (χ2n) is 2.23. The largest absolute Gasteiger partial charge is 0.382 e. The molecule has 56 valence electrons. The van der Waals surface area contributed by atoms with Crippen LogP contribution in [0.15, 0.2) is 6.07 Å². The van der Waals surface area contributed by atoms with Gasteiger partial charge in [0, 0.05) is 11.8 Å². The molecular weight excluding hydrogens is 241 g/mol. The molecule has 10 heavy (non-hydrogen) atoms. The second kappa shape index (κ2) is 2.77. The van der Waals surface area contributed by atoms with E-state index in [2.05, 4.69) is 34.6 Å². The van der Waals surface area contributed by atoms with Crippen molar-refractivity contribution in [2.75, 3.05) is 5.73 Å². The molecule has 0 aliphatic rings. The summed E-state index contributed by atoms with van der Waals surface area (Å²) < 4.78 is 2.27. The van der Waals surface area contributed by atoms with Gasteiger partial charge in [-0.3, -0.25) is 4.68 Å². The van der Waals surface area contributed by atoms with Crippen LogP contribution in [-0.2, 0) is 0 Å². The molecule has 0 aromatic carbocycles. The highest BCUT2D eigenvalue weighted by atomic mass is 127. The Morgan fingerprint density at radius 3 is 2.60 bits per heavy atom.